The molecule has 0 fully saturated rings. The molecule has 0 saturated carbocycles. The zero-order valence-electron chi connectivity index (χ0n) is 16.7. The van der Waals surface area contributed by atoms with Crippen molar-refractivity contribution in [3.8, 4) is 17.1 Å². The molecule has 0 aliphatic carbocycles. The van der Waals surface area contributed by atoms with Gasteiger partial charge in [-0.2, -0.15) is 0 Å². The van der Waals surface area contributed by atoms with Crippen LogP contribution in [0.3, 0.4) is 0 Å². The number of thioether (sulfide) groups is 1. The van der Waals surface area contributed by atoms with E-state index in [0.717, 1.165) is 30.0 Å². The third kappa shape index (κ3) is 5.90. The fourth-order valence-corrected chi connectivity index (χ4v) is 3.80. The van der Waals surface area contributed by atoms with Crippen LogP contribution >= 0.6 is 35.0 Å². The van der Waals surface area contributed by atoms with Crippen molar-refractivity contribution in [1.29, 1.82) is 0 Å². The lowest BCUT2D eigenvalue weighted by Crippen LogP contribution is -2.14. The summed E-state index contributed by atoms with van der Waals surface area (Å²) in [6, 6.07) is 12.7. The number of nitrogens with zero attached hydrogens (tertiary/aromatic N) is 3. The summed E-state index contributed by atoms with van der Waals surface area (Å²) in [5.74, 6) is 1.54. The SMILES string of the molecule is CCCCOc1ccc(-c2nnc(SCC(=O)Nc3ccc(Cl)cc3Cl)n2C)cc1. The lowest BCUT2D eigenvalue weighted by Gasteiger charge is -2.08. The number of rotatable bonds is 9. The Bertz CT molecular complexity index is 1010. The van der Waals surface area contributed by atoms with Crippen LogP contribution in [0.1, 0.15) is 19.8 Å². The van der Waals surface area contributed by atoms with E-state index in [1.165, 1.54) is 11.8 Å². The minimum absolute atomic E-state index is 0.176. The number of ether oxygens (including phenoxy) is 1. The van der Waals surface area contributed by atoms with Crippen LogP contribution in [0, 0.1) is 0 Å². The molecule has 2 aromatic carbocycles. The second-order valence-corrected chi connectivity index (χ2v) is 8.34. The van der Waals surface area contributed by atoms with Gasteiger partial charge in [0.15, 0.2) is 11.0 Å². The summed E-state index contributed by atoms with van der Waals surface area (Å²) in [5.41, 5.74) is 1.45. The van der Waals surface area contributed by atoms with Crippen LogP contribution < -0.4 is 10.1 Å². The Morgan fingerprint density at radius 1 is 1.17 bits per heavy atom. The number of amides is 1. The van der Waals surface area contributed by atoms with Gasteiger partial charge < -0.3 is 14.6 Å². The van der Waals surface area contributed by atoms with E-state index < -0.39 is 0 Å². The van der Waals surface area contributed by atoms with Gasteiger partial charge >= 0.3 is 0 Å². The van der Waals surface area contributed by atoms with Gasteiger partial charge in [0.05, 0.1) is 23.1 Å². The second-order valence-electron chi connectivity index (χ2n) is 6.55. The van der Waals surface area contributed by atoms with E-state index in [1.54, 1.807) is 18.2 Å². The van der Waals surface area contributed by atoms with Crippen LogP contribution in [0.4, 0.5) is 5.69 Å². The molecule has 30 heavy (non-hydrogen) atoms. The number of benzene rings is 2. The van der Waals surface area contributed by atoms with Gasteiger partial charge in [0.25, 0.3) is 0 Å². The number of anilines is 1. The summed E-state index contributed by atoms with van der Waals surface area (Å²) >= 11 is 13.3. The van der Waals surface area contributed by atoms with E-state index in [2.05, 4.69) is 22.4 Å². The molecule has 0 bridgehead atoms. The van der Waals surface area contributed by atoms with Crippen molar-refractivity contribution in [2.75, 3.05) is 17.7 Å². The fourth-order valence-electron chi connectivity index (χ4n) is 2.63. The Morgan fingerprint density at radius 3 is 2.63 bits per heavy atom. The largest absolute Gasteiger partial charge is 0.494 e. The van der Waals surface area contributed by atoms with Gasteiger partial charge in [-0.15, -0.1) is 10.2 Å². The third-order valence-electron chi connectivity index (χ3n) is 4.25. The Morgan fingerprint density at radius 2 is 1.93 bits per heavy atom. The summed E-state index contributed by atoms with van der Waals surface area (Å²) in [4.78, 5) is 12.3. The first-order valence-electron chi connectivity index (χ1n) is 9.48. The maximum atomic E-state index is 12.3. The van der Waals surface area contributed by atoms with Gasteiger partial charge in [0, 0.05) is 17.6 Å². The van der Waals surface area contributed by atoms with E-state index >= 15 is 0 Å². The molecule has 0 aliphatic rings. The molecule has 158 valence electrons. The first-order chi connectivity index (χ1) is 14.5. The summed E-state index contributed by atoms with van der Waals surface area (Å²) in [6.07, 6.45) is 2.13. The maximum Gasteiger partial charge on any atom is 0.234 e. The molecule has 0 radical (unpaired) electrons. The highest BCUT2D eigenvalue weighted by molar-refractivity contribution is 7.99. The van der Waals surface area contributed by atoms with E-state index in [9.17, 15) is 4.79 Å². The van der Waals surface area contributed by atoms with Crippen molar-refractivity contribution in [2.45, 2.75) is 24.9 Å². The molecule has 0 atom stereocenters. The molecule has 0 aliphatic heterocycles. The van der Waals surface area contributed by atoms with Crippen LogP contribution in [0.5, 0.6) is 5.75 Å². The van der Waals surface area contributed by atoms with E-state index in [1.807, 2.05) is 35.9 Å². The quantitative estimate of drug-likeness (QED) is 0.324. The summed E-state index contributed by atoms with van der Waals surface area (Å²) in [5, 5.41) is 12.8. The predicted octanol–water partition coefficient (Wildman–Crippen LogP) is 5.70. The Kier molecular flexibility index (Phi) is 8.01. The molecule has 3 aromatic rings. The fraction of sp³-hybridized carbons (Fsp3) is 0.286. The van der Waals surface area contributed by atoms with Crippen LogP contribution in [0.15, 0.2) is 47.6 Å². The standard InChI is InChI=1S/C21H22Cl2N4O2S/c1-3-4-11-29-16-8-5-14(6-9-16)20-25-26-21(27(20)2)30-13-19(28)24-18-10-7-15(22)12-17(18)23/h5-10,12H,3-4,11,13H2,1-2H3,(H,24,28). The van der Waals surface area contributed by atoms with Crippen molar-refractivity contribution in [1.82, 2.24) is 14.8 Å². The molecule has 3 rings (SSSR count). The highest BCUT2D eigenvalue weighted by Crippen LogP contribution is 2.27. The average molecular weight is 465 g/mol. The average Bonchev–Trinajstić information content (AvgIpc) is 3.10. The highest BCUT2D eigenvalue weighted by atomic mass is 35.5. The van der Waals surface area contributed by atoms with Crippen molar-refractivity contribution < 1.29 is 9.53 Å². The molecule has 1 aromatic heterocycles. The molecule has 9 heteroatoms. The van der Waals surface area contributed by atoms with E-state index in [-0.39, 0.29) is 11.7 Å². The number of halogens is 2. The zero-order valence-corrected chi connectivity index (χ0v) is 19.0. The van der Waals surface area contributed by atoms with Crippen molar-refractivity contribution >= 4 is 46.6 Å². The number of unbranched alkanes of at least 4 members (excludes halogenated alkanes) is 1. The predicted molar refractivity (Wildman–Crippen MR) is 123 cm³/mol. The van der Waals surface area contributed by atoms with Crippen molar-refractivity contribution in [3.63, 3.8) is 0 Å². The van der Waals surface area contributed by atoms with Gasteiger partial charge in [-0.05, 0) is 48.9 Å². The molecular formula is C21H22Cl2N4O2S. The second kappa shape index (κ2) is 10.7. The smallest absolute Gasteiger partial charge is 0.234 e. The number of aromatic nitrogens is 3. The topological polar surface area (TPSA) is 69.0 Å². The van der Waals surface area contributed by atoms with Crippen LogP contribution in [-0.4, -0.2) is 33.0 Å². The van der Waals surface area contributed by atoms with Gasteiger partial charge in [0.2, 0.25) is 5.91 Å². The van der Waals surface area contributed by atoms with Crippen LogP contribution in [-0.2, 0) is 11.8 Å². The summed E-state index contributed by atoms with van der Waals surface area (Å²) < 4.78 is 7.55. The van der Waals surface area contributed by atoms with Crippen molar-refractivity contribution in [3.05, 3.63) is 52.5 Å². The molecule has 1 heterocycles. The molecule has 1 N–H and O–H groups in total. The first-order valence-corrected chi connectivity index (χ1v) is 11.2. The Hall–Kier alpha value is -2.22. The van der Waals surface area contributed by atoms with Crippen LogP contribution in [0.25, 0.3) is 11.4 Å². The first kappa shape index (κ1) is 22.5. The van der Waals surface area contributed by atoms with E-state index in [4.69, 9.17) is 27.9 Å². The Balaban J connectivity index is 1.59. The van der Waals surface area contributed by atoms with Gasteiger partial charge in [0.1, 0.15) is 5.75 Å². The molecular weight excluding hydrogens is 443 g/mol. The van der Waals surface area contributed by atoms with Crippen molar-refractivity contribution in [2.24, 2.45) is 7.05 Å². The number of carbonyl (C=O) groups is 1. The highest BCUT2D eigenvalue weighted by Gasteiger charge is 2.14. The molecule has 6 nitrogen and oxygen atoms in total. The molecule has 1 amide bonds. The maximum absolute atomic E-state index is 12.3. The minimum atomic E-state index is -0.192. The molecule has 0 unspecified atom stereocenters. The number of hydrogen-bond donors (Lipinski definition) is 1. The Labute approximate surface area is 189 Å². The molecule has 0 saturated heterocycles. The van der Waals surface area contributed by atoms with Crippen LogP contribution in [0.2, 0.25) is 10.0 Å². The third-order valence-corrected chi connectivity index (χ3v) is 5.82. The van der Waals surface area contributed by atoms with E-state index in [0.29, 0.717) is 27.5 Å². The molecule has 0 spiro atoms. The monoisotopic (exact) mass is 464 g/mol. The normalized spacial score (nSPS) is 10.8. The number of hydrogen-bond acceptors (Lipinski definition) is 5. The van der Waals surface area contributed by atoms with Gasteiger partial charge in [-0.3, -0.25) is 4.79 Å². The van der Waals surface area contributed by atoms with Gasteiger partial charge in [-0.1, -0.05) is 48.3 Å². The lowest BCUT2D eigenvalue weighted by atomic mass is 10.2. The summed E-state index contributed by atoms with van der Waals surface area (Å²) in [6.45, 7) is 2.84. The number of nitrogens with one attached hydrogen (secondary N) is 1. The lowest BCUT2D eigenvalue weighted by molar-refractivity contribution is -0.113. The number of carbonyl (C=O) groups excluding carboxylic acids is 1. The minimum Gasteiger partial charge on any atom is -0.494 e. The van der Waals surface area contributed by atoms with Gasteiger partial charge in [-0.25, -0.2) is 0 Å². The zero-order chi connectivity index (χ0) is 21.5. The summed E-state index contributed by atoms with van der Waals surface area (Å²) in [7, 11) is 1.87.